The minimum absolute atomic E-state index is 0.327. The third kappa shape index (κ3) is 3.20. The Morgan fingerprint density at radius 2 is 1.75 bits per heavy atom. The maximum Gasteiger partial charge on any atom is 0.281 e. The number of ether oxygens (including phenoxy) is 1. The first-order valence-corrected chi connectivity index (χ1v) is 8.21. The van der Waals surface area contributed by atoms with Crippen LogP contribution in [0.5, 0.6) is 5.75 Å². The number of rotatable bonds is 3. The number of amides is 2. The van der Waals surface area contributed by atoms with Gasteiger partial charge in [0.05, 0.1) is 12.1 Å². The molecule has 0 saturated carbocycles. The van der Waals surface area contributed by atoms with Crippen molar-refractivity contribution in [1.82, 2.24) is 10.9 Å². The van der Waals surface area contributed by atoms with Crippen molar-refractivity contribution in [3.63, 3.8) is 0 Å². The highest BCUT2D eigenvalue weighted by Crippen LogP contribution is 2.37. The fourth-order valence-corrected chi connectivity index (χ4v) is 3.59. The van der Waals surface area contributed by atoms with Gasteiger partial charge in [-0.3, -0.25) is 20.4 Å². The number of carbonyl (C=O) groups excluding carboxylic acids is 2. The summed E-state index contributed by atoms with van der Waals surface area (Å²) in [4.78, 5) is 24.6. The normalized spacial score (nSPS) is 10.4. The molecule has 5 nitrogen and oxygen atoms in total. The molecule has 2 amide bonds. The molecule has 1 heterocycles. The summed E-state index contributed by atoms with van der Waals surface area (Å²) >= 11 is 7.51. The van der Waals surface area contributed by atoms with Crippen LogP contribution in [0.25, 0.3) is 10.1 Å². The molecule has 24 heavy (non-hydrogen) atoms. The summed E-state index contributed by atoms with van der Waals surface area (Å²) in [5, 5.41) is 1.12. The molecule has 0 fully saturated rings. The minimum Gasteiger partial charge on any atom is -0.497 e. The molecule has 7 heteroatoms. The van der Waals surface area contributed by atoms with Crippen molar-refractivity contribution in [3.05, 3.63) is 64.0 Å². The third-order valence-corrected chi connectivity index (χ3v) is 5.02. The molecular formula is C17H13ClN2O3S. The first kappa shape index (κ1) is 16.3. The van der Waals surface area contributed by atoms with Crippen molar-refractivity contribution in [2.75, 3.05) is 7.11 Å². The summed E-state index contributed by atoms with van der Waals surface area (Å²) in [7, 11) is 1.57. The highest BCUT2D eigenvalue weighted by molar-refractivity contribution is 7.21. The Morgan fingerprint density at radius 3 is 2.46 bits per heavy atom. The van der Waals surface area contributed by atoms with E-state index in [4.69, 9.17) is 16.3 Å². The second-order valence-electron chi connectivity index (χ2n) is 4.88. The number of hydrazine groups is 1. The molecule has 0 aliphatic rings. The highest BCUT2D eigenvalue weighted by Gasteiger charge is 2.18. The van der Waals surface area contributed by atoms with E-state index < -0.39 is 11.8 Å². The van der Waals surface area contributed by atoms with Crippen LogP contribution in [0.15, 0.2) is 48.5 Å². The lowest BCUT2D eigenvalue weighted by atomic mass is 10.2. The molecule has 0 bridgehead atoms. The van der Waals surface area contributed by atoms with Crippen LogP contribution in [-0.2, 0) is 0 Å². The Labute approximate surface area is 147 Å². The van der Waals surface area contributed by atoms with E-state index in [0.717, 1.165) is 10.1 Å². The number of nitrogens with one attached hydrogen (secondary N) is 2. The van der Waals surface area contributed by atoms with Crippen LogP contribution in [0.2, 0.25) is 5.02 Å². The Morgan fingerprint density at radius 1 is 1.04 bits per heavy atom. The van der Waals surface area contributed by atoms with E-state index in [2.05, 4.69) is 10.9 Å². The first-order chi connectivity index (χ1) is 11.6. The summed E-state index contributed by atoms with van der Waals surface area (Å²) in [6, 6.07) is 14.0. The summed E-state index contributed by atoms with van der Waals surface area (Å²) in [6.45, 7) is 0. The summed E-state index contributed by atoms with van der Waals surface area (Å²) in [5.74, 6) is -0.183. The lowest BCUT2D eigenvalue weighted by Gasteiger charge is -2.06. The van der Waals surface area contributed by atoms with Gasteiger partial charge in [0.2, 0.25) is 0 Å². The SMILES string of the molecule is COc1ccc2c(Cl)c(C(=O)NNC(=O)c3ccccc3)sc2c1. The number of halogens is 1. The van der Waals surface area contributed by atoms with Crippen molar-refractivity contribution in [2.45, 2.75) is 0 Å². The lowest BCUT2D eigenvalue weighted by Crippen LogP contribution is -2.41. The molecule has 1 aromatic heterocycles. The number of methoxy groups -OCH3 is 1. The fourth-order valence-electron chi connectivity index (χ4n) is 2.15. The number of hydrogen-bond acceptors (Lipinski definition) is 4. The minimum atomic E-state index is -0.468. The van der Waals surface area contributed by atoms with Gasteiger partial charge in [0.15, 0.2) is 0 Å². The van der Waals surface area contributed by atoms with E-state index in [1.54, 1.807) is 49.6 Å². The average molecular weight is 361 g/mol. The molecule has 0 spiro atoms. The molecule has 3 aromatic rings. The molecule has 0 saturated heterocycles. The van der Waals surface area contributed by atoms with E-state index in [9.17, 15) is 9.59 Å². The standard InChI is InChI=1S/C17H13ClN2O3S/c1-23-11-7-8-12-13(9-11)24-15(14(12)18)17(22)20-19-16(21)10-5-3-2-4-6-10/h2-9H,1H3,(H,19,21)(H,20,22). The summed E-state index contributed by atoms with van der Waals surface area (Å²) in [5.41, 5.74) is 5.21. The number of hydrogen-bond donors (Lipinski definition) is 2. The molecule has 0 aliphatic carbocycles. The van der Waals surface area contributed by atoms with Gasteiger partial charge in [0.25, 0.3) is 11.8 Å². The van der Waals surface area contributed by atoms with Crippen molar-refractivity contribution in [2.24, 2.45) is 0 Å². The Hall–Kier alpha value is -2.57. The van der Waals surface area contributed by atoms with E-state index in [-0.39, 0.29) is 0 Å². The monoisotopic (exact) mass is 360 g/mol. The second-order valence-corrected chi connectivity index (χ2v) is 6.31. The Balaban J connectivity index is 1.76. The number of carbonyl (C=O) groups is 2. The summed E-state index contributed by atoms with van der Waals surface area (Å²) in [6.07, 6.45) is 0. The third-order valence-electron chi connectivity index (χ3n) is 3.37. The Bertz CT molecular complexity index is 909. The maximum atomic E-state index is 12.3. The van der Waals surface area contributed by atoms with Gasteiger partial charge in [-0.05, 0) is 30.3 Å². The molecule has 0 aliphatic heterocycles. The van der Waals surface area contributed by atoms with Gasteiger partial charge in [-0.25, -0.2) is 0 Å². The van der Waals surface area contributed by atoms with Crippen molar-refractivity contribution in [1.29, 1.82) is 0 Å². The van der Waals surface area contributed by atoms with Crippen molar-refractivity contribution >= 4 is 44.8 Å². The molecule has 122 valence electrons. The summed E-state index contributed by atoms with van der Waals surface area (Å²) < 4.78 is 6.00. The van der Waals surface area contributed by atoms with E-state index in [1.807, 2.05) is 6.07 Å². The van der Waals surface area contributed by atoms with Crippen LogP contribution in [-0.4, -0.2) is 18.9 Å². The zero-order chi connectivity index (χ0) is 17.1. The molecule has 2 N–H and O–H groups in total. The van der Waals surface area contributed by atoms with E-state index >= 15 is 0 Å². The van der Waals surface area contributed by atoms with Gasteiger partial charge < -0.3 is 4.74 Å². The van der Waals surface area contributed by atoms with Crippen molar-refractivity contribution < 1.29 is 14.3 Å². The molecule has 0 atom stereocenters. The zero-order valence-corrected chi connectivity index (χ0v) is 14.2. The van der Waals surface area contributed by atoms with Crippen LogP contribution in [0.3, 0.4) is 0 Å². The average Bonchev–Trinajstić information content (AvgIpc) is 2.96. The van der Waals surface area contributed by atoms with Gasteiger partial charge in [-0.15, -0.1) is 11.3 Å². The molecule has 0 unspecified atom stereocenters. The quantitative estimate of drug-likeness (QED) is 0.701. The van der Waals surface area contributed by atoms with Gasteiger partial charge >= 0.3 is 0 Å². The van der Waals surface area contributed by atoms with Gasteiger partial charge in [-0.1, -0.05) is 29.8 Å². The van der Waals surface area contributed by atoms with Crippen LogP contribution in [0, 0.1) is 0 Å². The smallest absolute Gasteiger partial charge is 0.281 e. The topological polar surface area (TPSA) is 67.4 Å². The van der Waals surface area contributed by atoms with E-state index in [1.165, 1.54) is 11.3 Å². The Kier molecular flexibility index (Phi) is 4.69. The van der Waals surface area contributed by atoms with Gasteiger partial charge in [0.1, 0.15) is 10.6 Å². The zero-order valence-electron chi connectivity index (χ0n) is 12.6. The van der Waals surface area contributed by atoms with Gasteiger partial charge in [0, 0.05) is 15.6 Å². The number of benzene rings is 2. The lowest BCUT2D eigenvalue weighted by molar-refractivity contribution is 0.0849. The van der Waals surface area contributed by atoms with Gasteiger partial charge in [-0.2, -0.15) is 0 Å². The molecule has 3 rings (SSSR count). The number of thiophene rings is 1. The predicted octanol–water partition coefficient (Wildman–Crippen LogP) is 3.64. The van der Waals surface area contributed by atoms with E-state index in [0.29, 0.717) is 21.2 Å². The van der Waals surface area contributed by atoms with Crippen LogP contribution in [0.4, 0.5) is 0 Å². The van der Waals surface area contributed by atoms with Crippen LogP contribution in [0.1, 0.15) is 20.0 Å². The van der Waals surface area contributed by atoms with Crippen LogP contribution < -0.4 is 15.6 Å². The number of fused-ring (bicyclic) bond motifs is 1. The molecular weight excluding hydrogens is 348 g/mol. The first-order valence-electron chi connectivity index (χ1n) is 7.02. The molecule has 2 aromatic carbocycles. The fraction of sp³-hybridized carbons (Fsp3) is 0.0588. The predicted molar refractivity (Wildman–Crippen MR) is 94.8 cm³/mol. The second kappa shape index (κ2) is 6.90. The molecule has 0 radical (unpaired) electrons. The van der Waals surface area contributed by atoms with Crippen molar-refractivity contribution in [3.8, 4) is 5.75 Å². The largest absolute Gasteiger partial charge is 0.497 e. The maximum absolute atomic E-state index is 12.3. The van der Waals surface area contributed by atoms with Crippen LogP contribution >= 0.6 is 22.9 Å². The highest BCUT2D eigenvalue weighted by atomic mass is 35.5.